The van der Waals surface area contributed by atoms with Gasteiger partial charge in [0.2, 0.25) is 8.32 Å². The predicted molar refractivity (Wildman–Crippen MR) is 158 cm³/mol. The van der Waals surface area contributed by atoms with Crippen LogP contribution >= 0.6 is 0 Å². The molecule has 1 saturated heterocycles. The van der Waals surface area contributed by atoms with Crippen LogP contribution in [0.4, 0.5) is 0 Å². The van der Waals surface area contributed by atoms with Gasteiger partial charge in [-0.2, -0.15) is 0 Å². The fourth-order valence-corrected chi connectivity index (χ4v) is 5.86. The number of benzene rings is 2. The van der Waals surface area contributed by atoms with Gasteiger partial charge in [-0.05, 0) is 67.4 Å². The van der Waals surface area contributed by atoms with Gasteiger partial charge in [0, 0.05) is 51.4 Å². The molecule has 3 atom stereocenters. The van der Waals surface area contributed by atoms with Crippen molar-refractivity contribution < 1.29 is 9.22 Å². The number of hydrogen-bond acceptors (Lipinski definition) is 4. The molecule has 0 spiro atoms. The molecule has 0 N–H and O–H groups in total. The Bertz CT molecular complexity index is 1070. The minimum atomic E-state index is -1.97. The van der Waals surface area contributed by atoms with Gasteiger partial charge in [-0.3, -0.25) is 14.6 Å². The Morgan fingerprint density at radius 1 is 1.08 bits per heavy atom. The highest BCUT2D eigenvalue weighted by Gasteiger charge is 2.39. The number of carbonyl (C=O) groups excluding carboxylic acids is 1. The molecule has 2 aromatic rings. The zero-order valence-corrected chi connectivity index (χ0v) is 25.4. The third kappa shape index (κ3) is 6.73. The molecule has 0 saturated carbocycles. The van der Waals surface area contributed by atoms with E-state index in [2.05, 4.69) is 100 Å². The Morgan fingerprint density at radius 2 is 1.73 bits per heavy atom. The van der Waals surface area contributed by atoms with E-state index in [1.807, 2.05) is 18.2 Å². The molecule has 0 bridgehead atoms. The lowest BCUT2D eigenvalue weighted by molar-refractivity contribution is 0.0306. The molecule has 37 heavy (non-hydrogen) atoms. The van der Waals surface area contributed by atoms with Crippen LogP contribution in [0.2, 0.25) is 18.1 Å². The van der Waals surface area contributed by atoms with Crippen LogP contribution in [0.3, 0.4) is 0 Å². The molecule has 1 amide bonds. The Kier molecular flexibility index (Phi) is 9.09. The third-order valence-corrected chi connectivity index (χ3v) is 12.4. The number of rotatable bonds is 8. The first kappa shape index (κ1) is 29.1. The molecule has 3 rings (SSSR count). The van der Waals surface area contributed by atoms with Gasteiger partial charge in [0.1, 0.15) is 5.75 Å². The van der Waals surface area contributed by atoms with Crippen LogP contribution < -0.4 is 4.43 Å². The molecule has 2 aromatic carbocycles. The minimum Gasteiger partial charge on any atom is -0.543 e. The average Bonchev–Trinajstić information content (AvgIpc) is 2.81. The largest absolute Gasteiger partial charge is 0.543 e. The lowest BCUT2D eigenvalue weighted by Crippen LogP contribution is -2.57. The summed E-state index contributed by atoms with van der Waals surface area (Å²) in [5.41, 5.74) is 3.12. The molecular formula is C31H47N3O2Si. The second-order valence-electron chi connectivity index (χ2n) is 12.3. The van der Waals surface area contributed by atoms with Gasteiger partial charge in [-0.25, -0.2) is 0 Å². The summed E-state index contributed by atoms with van der Waals surface area (Å²) in [5.74, 6) is 0.965. The fraction of sp³-hybridized carbons (Fsp3) is 0.516. The van der Waals surface area contributed by atoms with E-state index in [9.17, 15) is 4.79 Å². The van der Waals surface area contributed by atoms with Crippen LogP contribution in [0.5, 0.6) is 5.75 Å². The number of nitrogens with zero attached hydrogens (tertiary/aromatic N) is 3. The second-order valence-corrected chi connectivity index (χ2v) is 17.0. The summed E-state index contributed by atoms with van der Waals surface area (Å²) in [7, 11) is 1.61. The average molecular weight is 522 g/mol. The number of amides is 1. The second kappa shape index (κ2) is 11.5. The van der Waals surface area contributed by atoms with Crippen molar-refractivity contribution in [1.29, 1.82) is 0 Å². The van der Waals surface area contributed by atoms with E-state index in [4.69, 9.17) is 4.43 Å². The molecule has 0 aromatic heterocycles. The van der Waals surface area contributed by atoms with Gasteiger partial charge in [0.05, 0.1) is 6.04 Å². The molecule has 1 aliphatic rings. The van der Waals surface area contributed by atoms with Crippen LogP contribution in [0.15, 0.2) is 61.2 Å². The fourth-order valence-electron chi connectivity index (χ4n) is 4.84. The molecule has 1 fully saturated rings. The monoisotopic (exact) mass is 521 g/mol. The van der Waals surface area contributed by atoms with Crippen LogP contribution in [-0.4, -0.2) is 74.7 Å². The first-order chi connectivity index (χ1) is 17.2. The Labute approximate surface area is 226 Å². The summed E-state index contributed by atoms with van der Waals surface area (Å²) in [5, 5.41) is 0.128. The number of carbonyl (C=O) groups is 1. The van der Waals surface area contributed by atoms with Crippen molar-refractivity contribution in [2.75, 3.05) is 33.7 Å². The lowest BCUT2D eigenvalue weighted by atomic mass is 9.92. The zero-order chi connectivity index (χ0) is 27.5. The summed E-state index contributed by atoms with van der Waals surface area (Å²) >= 11 is 0. The molecule has 5 nitrogen and oxygen atoms in total. The van der Waals surface area contributed by atoms with Crippen LogP contribution in [0.25, 0.3) is 0 Å². The van der Waals surface area contributed by atoms with Crippen molar-refractivity contribution in [3.63, 3.8) is 0 Å². The zero-order valence-electron chi connectivity index (χ0n) is 24.4. The molecule has 1 aliphatic heterocycles. The molecule has 0 aliphatic carbocycles. The predicted octanol–water partition coefficient (Wildman–Crippen LogP) is 6.44. The molecule has 202 valence electrons. The maximum absolute atomic E-state index is 12.5. The Hall–Kier alpha value is -2.41. The summed E-state index contributed by atoms with van der Waals surface area (Å²) in [6, 6.07) is 17.7. The van der Waals surface area contributed by atoms with E-state index in [0.717, 1.165) is 25.4 Å². The summed E-state index contributed by atoms with van der Waals surface area (Å²) in [6.07, 6.45) is 2.00. The Balaban J connectivity index is 2.03. The standard InChI is InChI=1S/C31H47N3O2Si/c1-11-19-33-21-24(3)34(22-23(33)2)29(25-15-17-26(18-16-25)30(35)32(7)8)27-13-12-14-28(20-27)36-37(9,10)31(4,5)6/h11-18,20,23-24,29H,1,19,21-22H2,2-10H3/t23-,24+,29-/m1/s1. The van der Waals surface area contributed by atoms with Crippen molar-refractivity contribution in [2.45, 2.75) is 70.9 Å². The van der Waals surface area contributed by atoms with E-state index in [-0.39, 0.29) is 17.0 Å². The topological polar surface area (TPSA) is 36.0 Å². The van der Waals surface area contributed by atoms with Gasteiger partial charge >= 0.3 is 0 Å². The van der Waals surface area contributed by atoms with Crippen molar-refractivity contribution in [1.82, 2.24) is 14.7 Å². The Morgan fingerprint density at radius 3 is 2.30 bits per heavy atom. The smallest absolute Gasteiger partial charge is 0.253 e. The van der Waals surface area contributed by atoms with Crippen LogP contribution in [0.1, 0.15) is 62.1 Å². The van der Waals surface area contributed by atoms with Gasteiger partial charge in [0.25, 0.3) is 5.91 Å². The number of hydrogen-bond donors (Lipinski definition) is 0. The van der Waals surface area contributed by atoms with E-state index < -0.39 is 8.32 Å². The molecule has 0 unspecified atom stereocenters. The van der Waals surface area contributed by atoms with Crippen molar-refractivity contribution in [3.8, 4) is 5.75 Å². The first-order valence-corrected chi connectivity index (χ1v) is 16.4. The van der Waals surface area contributed by atoms with Crippen molar-refractivity contribution in [3.05, 3.63) is 77.9 Å². The van der Waals surface area contributed by atoms with Crippen molar-refractivity contribution >= 4 is 14.2 Å². The van der Waals surface area contributed by atoms with Crippen molar-refractivity contribution in [2.24, 2.45) is 0 Å². The molecule has 6 heteroatoms. The van der Waals surface area contributed by atoms with Crippen LogP contribution in [0, 0.1) is 0 Å². The van der Waals surface area contributed by atoms with E-state index >= 15 is 0 Å². The van der Waals surface area contributed by atoms with E-state index in [0.29, 0.717) is 17.6 Å². The highest BCUT2D eigenvalue weighted by atomic mass is 28.4. The highest BCUT2D eigenvalue weighted by molar-refractivity contribution is 6.74. The summed E-state index contributed by atoms with van der Waals surface area (Å²) in [4.78, 5) is 19.3. The van der Waals surface area contributed by atoms with Gasteiger partial charge in [0.15, 0.2) is 0 Å². The third-order valence-electron chi connectivity index (χ3n) is 8.09. The van der Waals surface area contributed by atoms with Gasteiger partial charge < -0.3 is 9.33 Å². The summed E-state index contributed by atoms with van der Waals surface area (Å²) in [6.45, 7) is 22.8. The molecular weight excluding hydrogens is 474 g/mol. The highest BCUT2D eigenvalue weighted by Crippen LogP contribution is 2.39. The van der Waals surface area contributed by atoms with E-state index in [1.54, 1.807) is 19.0 Å². The minimum absolute atomic E-state index is 0.0212. The van der Waals surface area contributed by atoms with Gasteiger partial charge in [-0.1, -0.05) is 51.1 Å². The summed E-state index contributed by atoms with van der Waals surface area (Å²) < 4.78 is 6.71. The normalized spacial score (nSPS) is 20.4. The molecule has 0 radical (unpaired) electrons. The maximum atomic E-state index is 12.5. The lowest BCUT2D eigenvalue weighted by Gasteiger charge is -2.47. The molecule has 1 heterocycles. The van der Waals surface area contributed by atoms with E-state index in [1.165, 1.54) is 11.1 Å². The quantitative estimate of drug-likeness (QED) is 0.296. The van der Waals surface area contributed by atoms with Crippen LogP contribution in [-0.2, 0) is 0 Å². The maximum Gasteiger partial charge on any atom is 0.253 e. The first-order valence-electron chi connectivity index (χ1n) is 13.5. The van der Waals surface area contributed by atoms with Gasteiger partial charge in [-0.15, -0.1) is 6.58 Å². The SMILES string of the molecule is C=CCN1C[C@H](C)N([C@H](c2ccc(C(=O)N(C)C)cc2)c2cccc(O[Si](C)(C)C(C)(C)C)c2)C[C@H]1C. The number of piperazine rings is 1.